The van der Waals surface area contributed by atoms with Gasteiger partial charge in [0.25, 0.3) is 0 Å². The van der Waals surface area contributed by atoms with Crippen molar-refractivity contribution in [2.24, 2.45) is 11.3 Å². The maximum atomic E-state index is 6.65. The van der Waals surface area contributed by atoms with E-state index >= 15 is 0 Å². The van der Waals surface area contributed by atoms with Crippen molar-refractivity contribution in [3.63, 3.8) is 0 Å². The van der Waals surface area contributed by atoms with Crippen molar-refractivity contribution in [2.45, 2.75) is 86.0 Å². The summed E-state index contributed by atoms with van der Waals surface area (Å²) in [6, 6.07) is 13.1. The van der Waals surface area contributed by atoms with Crippen LogP contribution in [0.1, 0.15) is 82.7 Å². The van der Waals surface area contributed by atoms with Crippen LogP contribution in [0.3, 0.4) is 0 Å². The molecule has 174 valence electrons. The zero-order chi connectivity index (χ0) is 24.5. The van der Waals surface area contributed by atoms with Gasteiger partial charge in [-0.15, -0.1) is 0 Å². The highest BCUT2D eigenvalue weighted by molar-refractivity contribution is 5.56. The summed E-state index contributed by atoms with van der Waals surface area (Å²) in [5.41, 5.74) is 15.3. The van der Waals surface area contributed by atoms with Gasteiger partial charge in [0.2, 0.25) is 0 Å². The summed E-state index contributed by atoms with van der Waals surface area (Å²) in [6.45, 7) is 29.1. The lowest BCUT2D eigenvalue weighted by atomic mass is 9.63. The van der Waals surface area contributed by atoms with Gasteiger partial charge in [-0.1, -0.05) is 98.0 Å². The first-order chi connectivity index (χ1) is 14.6. The zero-order valence-corrected chi connectivity index (χ0v) is 22.0. The molecule has 1 nitrogen and oxygen atoms in total. The number of anilines is 1. The Morgan fingerprint density at radius 1 is 0.938 bits per heavy atom. The quantitative estimate of drug-likeness (QED) is 0.329. The van der Waals surface area contributed by atoms with E-state index < -0.39 is 0 Å². The van der Waals surface area contributed by atoms with Crippen LogP contribution in [-0.4, -0.2) is 0 Å². The molecule has 1 unspecified atom stereocenters. The number of hydrogen-bond acceptors (Lipinski definition) is 1. The average molecular weight is 432 g/mol. The van der Waals surface area contributed by atoms with Crippen molar-refractivity contribution in [1.29, 1.82) is 0 Å². The maximum Gasteiger partial charge on any atom is 0.0349 e. The Morgan fingerprint density at radius 3 is 2.06 bits per heavy atom. The van der Waals surface area contributed by atoms with Gasteiger partial charge in [-0.2, -0.15) is 0 Å². The van der Waals surface area contributed by atoms with Gasteiger partial charge in [-0.25, -0.2) is 0 Å². The molecule has 0 heterocycles. The molecule has 0 aliphatic carbocycles. The Kier molecular flexibility index (Phi) is 7.55. The van der Waals surface area contributed by atoms with Gasteiger partial charge >= 0.3 is 0 Å². The predicted octanol–water partition coefficient (Wildman–Crippen LogP) is 8.48. The zero-order valence-electron chi connectivity index (χ0n) is 22.0. The molecule has 0 fully saturated rings. The van der Waals surface area contributed by atoms with Crippen LogP contribution in [0.5, 0.6) is 0 Å². The summed E-state index contributed by atoms with van der Waals surface area (Å²) in [4.78, 5) is 0. The Labute approximate surface area is 197 Å². The highest BCUT2D eigenvalue weighted by atomic mass is 14.6. The number of rotatable bonds is 8. The van der Waals surface area contributed by atoms with Gasteiger partial charge in [-0.05, 0) is 82.9 Å². The molecule has 0 aromatic heterocycles. The molecular weight excluding hydrogens is 386 g/mol. The fourth-order valence-electron chi connectivity index (χ4n) is 5.08. The minimum absolute atomic E-state index is 0.00250. The van der Waals surface area contributed by atoms with Crippen molar-refractivity contribution in [2.75, 3.05) is 5.73 Å². The van der Waals surface area contributed by atoms with Crippen LogP contribution in [0.2, 0.25) is 0 Å². The molecule has 0 bridgehead atoms. The summed E-state index contributed by atoms with van der Waals surface area (Å²) in [6.07, 6.45) is 3.93. The van der Waals surface area contributed by atoms with E-state index in [4.69, 9.17) is 5.73 Å². The molecule has 0 aliphatic rings. The molecule has 2 N–H and O–H groups in total. The second-order valence-corrected chi connectivity index (χ2v) is 11.9. The molecule has 0 spiro atoms. The molecule has 0 aliphatic heterocycles. The number of hydrogen-bond donors (Lipinski definition) is 1. The Bertz CT molecular complexity index is 982. The lowest BCUT2D eigenvalue weighted by molar-refractivity contribution is 0.209. The molecule has 2 rings (SSSR count). The lowest BCUT2D eigenvalue weighted by Crippen LogP contribution is -2.35. The summed E-state index contributed by atoms with van der Waals surface area (Å²) in [5, 5.41) is 0. The van der Waals surface area contributed by atoms with Gasteiger partial charge in [-0.3, -0.25) is 0 Å². The van der Waals surface area contributed by atoms with Crippen molar-refractivity contribution >= 4 is 5.69 Å². The smallest absolute Gasteiger partial charge is 0.0349 e. The topological polar surface area (TPSA) is 26.0 Å². The van der Waals surface area contributed by atoms with Gasteiger partial charge in [0, 0.05) is 11.1 Å². The van der Waals surface area contributed by atoms with Crippen molar-refractivity contribution in [1.82, 2.24) is 0 Å². The third-order valence-electron chi connectivity index (χ3n) is 7.56. The van der Waals surface area contributed by atoms with Crippen LogP contribution >= 0.6 is 0 Å². The number of nitrogens with two attached hydrogens (primary N) is 1. The molecule has 2 aromatic rings. The third-order valence-corrected chi connectivity index (χ3v) is 7.56. The average Bonchev–Trinajstić information content (AvgIpc) is 2.68. The van der Waals surface area contributed by atoms with Crippen LogP contribution < -0.4 is 5.73 Å². The largest absolute Gasteiger partial charge is 0.398 e. The van der Waals surface area contributed by atoms with E-state index in [1.165, 1.54) is 27.8 Å². The van der Waals surface area contributed by atoms with E-state index in [1.807, 2.05) is 12.1 Å². The molecule has 1 atom stereocenters. The monoisotopic (exact) mass is 431 g/mol. The van der Waals surface area contributed by atoms with Gasteiger partial charge in [0.1, 0.15) is 0 Å². The van der Waals surface area contributed by atoms with Crippen LogP contribution in [0.4, 0.5) is 5.69 Å². The summed E-state index contributed by atoms with van der Waals surface area (Å²) in [7, 11) is 0. The standard InChI is InChI=1S/C31H45N/c1-12-22(3)30(8,9)27-17-14-18-28(32)25(27)19-24(20-29(5,6)7)31(10,11)26-16-13-15-21(2)23(26)4/h12-18,24H,1,3,19-20,32H2,2,4-11H3. The highest BCUT2D eigenvalue weighted by Crippen LogP contribution is 2.45. The van der Waals surface area contributed by atoms with E-state index in [-0.39, 0.29) is 16.2 Å². The normalized spacial score (nSPS) is 13.7. The Morgan fingerprint density at radius 2 is 1.50 bits per heavy atom. The number of nitrogen functional groups attached to an aromatic ring is 1. The van der Waals surface area contributed by atoms with E-state index in [2.05, 4.69) is 106 Å². The molecule has 0 amide bonds. The Hall–Kier alpha value is -2.28. The molecule has 0 radical (unpaired) electrons. The van der Waals surface area contributed by atoms with E-state index in [9.17, 15) is 0 Å². The van der Waals surface area contributed by atoms with Crippen molar-refractivity contribution in [3.8, 4) is 0 Å². The van der Waals surface area contributed by atoms with E-state index in [1.54, 1.807) is 0 Å². The van der Waals surface area contributed by atoms with Crippen molar-refractivity contribution < 1.29 is 0 Å². The maximum absolute atomic E-state index is 6.65. The predicted molar refractivity (Wildman–Crippen MR) is 143 cm³/mol. The summed E-state index contributed by atoms with van der Waals surface area (Å²) >= 11 is 0. The first-order valence-electron chi connectivity index (χ1n) is 11.9. The molecule has 32 heavy (non-hydrogen) atoms. The second kappa shape index (κ2) is 9.30. The lowest BCUT2D eigenvalue weighted by Gasteiger charge is -2.41. The fourth-order valence-corrected chi connectivity index (χ4v) is 5.08. The van der Waals surface area contributed by atoms with Gasteiger partial charge < -0.3 is 5.73 Å². The summed E-state index contributed by atoms with van der Waals surface area (Å²) < 4.78 is 0. The first-order valence-corrected chi connectivity index (χ1v) is 11.9. The van der Waals surface area contributed by atoms with Gasteiger partial charge in [0.05, 0.1) is 0 Å². The number of aryl methyl sites for hydroxylation is 1. The molecule has 2 aromatic carbocycles. The third kappa shape index (κ3) is 5.37. The fraction of sp³-hybridized carbons (Fsp3) is 0.484. The molecule has 0 saturated carbocycles. The SMILES string of the molecule is C=CC(=C)C(C)(C)c1cccc(N)c1CC(CC(C)(C)C)C(C)(C)c1cccc(C)c1C. The highest BCUT2D eigenvalue weighted by Gasteiger charge is 2.37. The minimum atomic E-state index is -0.220. The second-order valence-electron chi connectivity index (χ2n) is 11.9. The first kappa shape index (κ1) is 26.0. The van der Waals surface area contributed by atoms with Crippen LogP contribution in [0.15, 0.2) is 61.2 Å². The van der Waals surface area contributed by atoms with Crippen LogP contribution in [0, 0.1) is 25.2 Å². The van der Waals surface area contributed by atoms with Crippen LogP contribution in [0.25, 0.3) is 0 Å². The Balaban J connectivity index is 2.67. The molecule has 1 heteroatoms. The van der Waals surface area contributed by atoms with E-state index in [0.717, 1.165) is 24.1 Å². The summed E-state index contributed by atoms with van der Waals surface area (Å²) in [5.74, 6) is 0.430. The van der Waals surface area contributed by atoms with Gasteiger partial charge in [0.15, 0.2) is 0 Å². The number of benzene rings is 2. The van der Waals surface area contributed by atoms with E-state index in [0.29, 0.717) is 5.92 Å². The molecular formula is C31H45N. The molecule has 0 saturated heterocycles. The number of allylic oxidation sites excluding steroid dienone is 2. The minimum Gasteiger partial charge on any atom is -0.398 e. The van der Waals surface area contributed by atoms with Crippen LogP contribution in [-0.2, 0) is 17.3 Å². The van der Waals surface area contributed by atoms with Crippen molar-refractivity contribution in [3.05, 3.63) is 89.0 Å².